The highest BCUT2D eigenvalue weighted by molar-refractivity contribution is 6.13. The van der Waals surface area contributed by atoms with Crippen molar-refractivity contribution >= 4 is 54.5 Å². The molecule has 3 heterocycles. The molecule has 1 spiro atoms. The second-order valence-electron chi connectivity index (χ2n) is 18.0. The molecule has 276 valence electrons. The third-order valence-corrected chi connectivity index (χ3v) is 15.3. The number of nitrogens with zero attached hydrogens (tertiary/aromatic N) is 3. The van der Waals surface area contributed by atoms with Gasteiger partial charge < -0.3 is 9.13 Å². The average Bonchev–Trinajstić information content (AvgIpc) is 3.88. The average molecular weight is 744 g/mol. The molecule has 0 radical (unpaired) electrons. The molecular weight excluding hydrogens is 703 g/mol. The molecule has 0 unspecified atom stereocenters. The van der Waals surface area contributed by atoms with E-state index in [1.54, 1.807) is 11.1 Å². The van der Waals surface area contributed by atoms with Crippen LogP contribution in [0, 0.1) is 23.7 Å². The van der Waals surface area contributed by atoms with Gasteiger partial charge in [0.15, 0.2) is 0 Å². The molecule has 4 fully saturated rings. The zero-order valence-electron chi connectivity index (χ0n) is 32.3. The smallest absolute Gasteiger partial charge is 0.0723 e. The molecule has 3 aromatic heterocycles. The molecular formula is C55H41N3. The molecule has 0 saturated heterocycles. The summed E-state index contributed by atoms with van der Waals surface area (Å²) >= 11 is 0. The van der Waals surface area contributed by atoms with Crippen LogP contribution < -0.4 is 0 Å². The first-order valence-corrected chi connectivity index (χ1v) is 21.4. The van der Waals surface area contributed by atoms with Crippen LogP contribution in [-0.2, 0) is 5.41 Å². The van der Waals surface area contributed by atoms with Gasteiger partial charge in [-0.25, -0.2) is 0 Å². The van der Waals surface area contributed by atoms with Crippen molar-refractivity contribution in [2.45, 2.75) is 37.5 Å². The topological polar surface area (TPSA) is 22.8 Å². The third-order valence-electron chi connectivity index (χ3n) is 15.3. The Kier molecular flexibility index (Phi) is 6.19. The van der Waals surface area contributed by atoms with Crippen molar-refractivity contribution in [1.29, 1.82) is 0 Å². The van der Waals surface area contributed by atoms with E-state index in [-0.39, 0.29) is 5.41 Å². The summed E-state index contributed by atoms with van der Waals surface area (Å²) in [4.78, 5) is 4.68. The first-order chi connectivity index (χ1) is 28.7. The molecule has 5 aliphatic rings. The molecule has 0 amide bonds. The highest BCUT2D eigenvalue weighted by atomic mass is 15.0. The Bertz CT molecular complexity index is 3340. The maximum Gasteiger partial charge on any atom is 0.0723 e. The number of fused-ring (bicyclic) bond motifs is 10. The Morgan fingerprint density at radius 1 is 0.431 bits per heavy atom. The summed E-state index contributed by atoms with van der Waals surface area (Å²) in [6.07, 6.45) is 9.00. The van der Waals surface area contributed by atoms with E-state index in [0.717, 1.165) is 40.3 Å². The normalized spacial score (nSPS) is 22.9. The molecule has 4 saturated carbocycles. The molecule has 3 nitrogen and oxygen atoms in total. The minimum Gasteiger partial charge on any atom is -0.309 e. The maximum atomic E-state index is 4.68. The van der Waals surface area contributed by atoms with Crippen LogP contribution in [0.2, 0.25) is 0 Å². The van der Waals surface area contributed by atoms with E-state index in [2.05, 4.69) is 172 Å². The standard InChI is InChI=1S/C55H41N3/c1-5-13-47-40(9-1)41-20-19-39(32-48(41)55(47)37-26-33-25-34(28-37)29-38(55)27-33)57-50-15-7-3-10-42(50)45-30-35(17-21-52(45)57)36-18-22-53-46(31-36)43-11-4-8-16-51(43)58(53)54-23-24-56-49-14-6-2-12-44(49)54/h1-24,30-34,37-38H,25-29H2. The Balaban J connectivity index is 0.939. The minimum atomic E-state index is 0.146. The number of para-hydroxylation sites is 3. The Hall–Kier alpha value is -6.45. The summed E-state index contributed by atoms with van der Waals surface area (Å²) in [5, 5.41) is 6.27. The van der Waals surface area contributed by atoms with E-state index in [1.807, 2.05) is 6.20 Å². The zero-order valence-corrected chi connectivity index (χ0v) is 32.3. The van der Waals surface area contributed by atoms with Gasteiger partial charge in [0.25, 0.3) is 0 Å². The molecule has 10 aromatic rings. The second kappa shape index (κ2) is 11.4. The van der Waals surface area contributed by atoms with E-state index in [1.165, 1.54) is 104 Å². The Morgan fingerprint density at radius 3 is 1.72 bits per heavy atom. The number of rotatable bonds is 3. The minimum absolute atomic E-state index is 0.146. The summed E-state index contributed by atoms with van der Waals surface area (Å²) in [5.41, 5.74) is 17.2. The van der Waals surface area contributed by atoms with E-state index in [0.29, 0.717) is 0 Å². The van der Waals surface area contributed by atoms with Crippen molar-refractivity contribution in [3.63, 3.8) is 0 Å². The molecule has 7 aromatic carbocycles. The van der Waals surface area contributed by atoms with Gasteiger partial charge in [-0.1, -0.05) is 97.1 Å². The molecule has 0 aliphatic heterocycles. The van der Waals surface area contributed by atoms with Gasteiger partial charge in [-0.05, 0) is 150 Å². The van der Waals surface area contributed by atoms with E-state index < -0.39 is 0 Å². The highest BCUT2D eigenvalue weighted by Gasteiger charge is 2.61. The van der Waals surface area contributed by atoms with Gasteiger partial charge in [0, 0.05) is 44.2 Å². The Morgan fingerprint density at radius 2 is 1.00 bits per heavy atom. The molecule has 3 heteroatoms. The lowest BCUT2D eigenvalue weighted by molar-refractivity contribution is -0.0399. The quantitative estimate of drug-likeness (QED) is 0.177. The van der Waals surface area contributed by atoms with Crippen LogP contribution >= 0.6 is 0 Å². The van der Waals surface area contributed by atoms with Crippen LogP contribution in [0.25, 0.3) is 88.1 Å². The largest absolute Gasteiger partial charge is 0.309 e. The first kappa shape index (κ1) is 31.6. The van der Waals surface area contributed by atoms with E-state index in [9.17, 15) is 0 Å². The monoisotopic (exact) mass is 743 g/mol. The SMILES string of the molecule is c1ccc2c(c1)-c1ccc(-n3c4ccccc4c4cc(-c5ccc6c(c5)c5ccccc5n6-c5ccnc6ccccc56)ccc43)cc1C21C2CC3CC(C2)CC1C3. The number of hydrogen-bond donors (Lipinski definition) is 0. The van der Waals surface area contributed by atoms with E-state index in [4.69, 9.17) is 0 Å². The van der Waals surface area contributed by atoms with Crippen LogP contribution in [0.15, 0.2) is 164 Å². The van der Waals surface area contributed by atoms with Gasteiger partial charge in [0.2, 0.25) is 0 Å². The van der Waals surface area contributed by atoms with Crippen molar-refractivity contribution in [2.24, 2.45) is 23.7 Å². The van der Waals surface area contributed by atoms with Crippen molar-refractivity contribution < 1.29 is 0 Å². The van der Waals surface area contributed by atoms with Crippen molar-refractivity contribution in [3.8, 4) is 33.6 Å². The third kappa shape index (κ3) is 4.02. The predicted octanol–water partition coefficient (Wildman–Crippen LogP) is 13.8. The summed E-state index contributed by atoms with van der Waals surface area (Å²) in [5.74, 6) is 3.36. The Labute approximate surface area is 337 Å². The molecule has 0 atom stereocenters. The van der Waals surface area contributed by atoms with Gasteiger partial charge >= 0.3 is 0 Å². The first-order valence-electron chi connectivity index (χ1n) is 21.4. The fraction of sp³-hybridized carbons (Fsp3) is 0.182. The van der Waals surface area contributed by atoms with Gasteiger partial charge in [-0.2, -0.15) is 0 Å². The van der Waals surface area contributed by atoms with Gasteiger partial charge in [-0.15, -0.1) is 0 Å². The van der Waals surface area contributed by atoms with Crippen LogP contribution in [-0.4, -0.2) is 14.1 Å². The molecule has 5 aliphatic carbocycles. The fourth-order valence-electron chi connectivity index (χ4n) is 13.4. The number of pyridine rings is 1. The highest BCUT2D eigenvalue weighted by Crippen LogP contribution is 2.69. The number of hydrogen-bond acceptors (Lipinski definition) is 1. The summed E-state index contributed by atoms with van der Waals surface area (Å²) in [6.45, 7) is 0. The fourth-order valence-corrected chi connectivity index (χ4v) is 13.4. The lowest BCUT2D eigenvalue weighted by atomic mass is 9.43. The molecule has 0 N–H and O–H groups in total. The van der Waals surface area contributed by atoms with Crippen LogP contribution in [0.1, 0.15) is 43.2 Å². The number of benzene rings is 7. The van der Waals surface area contributed by atoms with Crippen LogP contribution in [0.4, 0.5) is 0 Å². The van der Waals surface area contributed by atoms with Crippen molar-refractivity contribution in [3.05, 3.63) is 175 Å². The van der Waals surface area contributed by atoms with Crippen molar-refractivity contribution in [2.75, 3.05) is 0 Å². The predicted molar refractivity (Wildman–Crippen MR) is 239 cm³/mol. The molecule has 58 heavy (non-hydrogen) atoms. The van der Waals surface area contributed by atoms with Gasteiger partial charge in [0.05, 0.1) is 33.3 Å². The lowest BCUT2D eigenvalue weighted by Gasteiger charge is -2.61. The van der Waals surface area contributed by atoms with Crippen LogP contribution in [0.5, 0.6) is 0 Å². The summed E-state index contributed by atoms with van der Waals surface area (Å²) in [6, 6.07) is 59.6. The van der Waals surface area contributed by atoms with Crippen LogP contribution in [0.3, 0.4) is 0 Å². The maximum absolute atomic E-state index is 4.68. The van der Waals surface area contributed by atoms with E-state index >= 15 is 0 Å². The van der Waals surface area contributed by atoms with Gasteiger partial charge in [0.1, 0.15) is 0 Å². The van der Waals surface area contributed by atoms with Gasteiger partial charge in [-0.3, -0.25) is 4.98 Å². The number of aromatic nitrogens is 3. The van der Waals surface area contributed by atoms with Crippen molar-refractivity contribution in [1.82, 2.24) is 14.1 Å². The molecule has 15 rings (SSSR count). The molecule has 4 bridgehead atoms. The lowest BCUT2D eigenvalue weighted by Crippen LogP contribution is -2.55. The summed E-state index contributed by atoms with van der Waals surface area (Å²) < 4.78 is 4.97. The second-order valence-corrected chi connectivity index (χ2v) is 18.0. The zero-order chi connectivity index (χ0) is 37.7. The summed E-state index contributed by atoms with van der Waals surface area (Å²) in [7, 11) is 0.